The summed E-state index contributed by atoms with van der Waals surface area (Å²) in [6.07, 6.45) is -0.200. The quantitative estimate of drug-likeness (QED) is 0.863. The van der Waals surface area contributed by atoms with E-state index in [9.17, 15) is 9.50 Å². The Hall–Kier alpha value is -1.17. The zero-order chi connectivity index (χ0) is 14.5. The van der Waals surface area contributed by atoms with Crippen LogP contribution in [0.25, 0.3) is 0 Å². The smallest absolute Gasteiger partial charge is 0.130 e. The molecule has 20 heavy (non-hydrogen) atoms. The molecule has 1 aromatic carbocycles. The van der Waals surface area contributed by atoms with Gasteiger partial charge in [-0.2, -0.15) is 0 Å². The van der Waals surface area contributed by atoms with Crippen LogP contribution in [0.4, 0.5) is 10.1 Å². The van der Waals surface area contributed by atoms with E-state index in [1.807, 2.05) is 19.9 Å². The Kier molecular flexibility index (Phi) is 5.34. The Labute approximate surface area is 119 Å². The molecule has 0 aliphatic carbocycles. The summed E-state index contributed by atoms with van der Waals surface area (Å²) >= 11 is 0. The van der Waals surface area contributed by atoms with Gasteiger partial charge in [0.1, 0.15) is 5.82 Å². The molecule has 1 aromatic rings. The van der Waals surface area contributed by atoms with E-state index in [4.69, 9.17) is 4.74 Å². The van der Waals surface area contributed by atoms with Crippen LogP contribution >= 0.6 is 0 Å². The van der Waals surface area contributed by atoms with Crippen LogP contribution in [0.2, 0.25) is 0 Å². The van der Waals surface area contributed by atoms with Crippen LogP contribution in [-0.4, -0.2) is 44.1 Å². The first kappa shape index (κ1) is 15.2. The molecule has 1 heterocycles. The molecule has 2 atom stereocenters. The Bertz CT molecular complexity index is 442. The molecule has 1 saturated heterocycles. The first-order valence-corrected chi connectivity index (χ1v) is 7.16. The van der Waals surface area contributed by atoms with E-state index >= 15 is 0 Å². The van der Waals surface area contributed by atoms with E-state index in [0.717, 1.165) is 12.2 Å². The maximum absolute atomic E-state index is 14.2. The number of hydrogen-bond acceptors (Lipinski definition) is 4. The molecule has 1 fully saturated rings. The number of nitrogens with one attached hydrogen (secondary N) is 1. The maximum Gasteiger partial charge on any atom is 0.130 e. The number of benzene rings is 1. The summed E-state index contributed by atoms with van der Waals surface area (Å²) in [6, 6.07) is 5.12. The van der Waals surface area contributed by atoms with Gasteiger partial charge < -0.3 is 20.1 Å². The van der Waals surface area contributed by atoms with Gasteiger partial charge in [-0.1, -0.05) is 13.0 Å². The Morgan fingerprint density at radius 2 is 2.35 bits per heavy atom. The van der Waals surface area contributed by atoms with Crippen LogP contribution in [0, 0.1) is 5.82 Å². The van der Waals surface area contributed by atoms with Crippen LogP contribution in [-0.2, 0) is 4.74 Å². The number of hydrogen-bond donors (Lipinski definition) is 2. The standard InChI is InChI=1S/C15H23FN2O2/c1-3-17-11(2)15-13(16)5-4-6-14(15)18-7-8-20-12(9-18)10-19/h4-6,11-12,17,19H,3,7-10H2,1-2H3. The largest absolute Gasteiger partial charge is 0.394 e. The molecule has 2 unspecified atom stereocenters. The van der Waals surface area contributed by atoms with Gasteiger partial charge in [-0.15, -0.1) is 0 Å². The fourth-order valence-electron chi connectivity index (χ4n) is 2.69. The lowest BCUT2D eigenvalue weighted by Gasteiger charge is -2.35. The number of anilines is 1. The molecule has 0 bridgehead atoms. The number of aliphatic hydroxyl groups excluding tert-OH is 1. The van der Waals surface area contributed by atoms with Gasteiger partial charge >= 0.3 is 0 Å². The molecule has 1 aliphatic rings. The second-order valence-corrected chi connectivity index (χ2v) is 5.07. The lowest BCUT2D eigenvalue weighted by atomic mass is 10.0. The van der Waals surface area contributed by atoms with Gasteiger partial charge in [0.15, 0.2) is 0 Å². The topological polar surface area (TPSA) is 44.7 Å². The molecular weight excluding hydrogens is 259 g/mol. The third-order valence-corrected chi connectivity index (χ3v) is 3.66. The molecule has 4 nitrogen and oxygen atoms in total. The maximum atomic E-state index is 14.2. The number of nitrogens with zero attached hydrogens (tertiary/aromatic N) is 1. The Morgan fingerprint density at radius 1 is 1.55 bits per heavy atom. The monoisotopic (exact) mass is 282 g/mol. The van der Waals surface area contributed by atoms with Gasteiger partial charge in [-0.05, 0) is 25.6 Å². The third-order valence-electron chi connectivity index (χ3n) is 3.66. The van der Waals surface area contributed by atoms with Crippen LogP contribution < -0.4 is 10.2 Å². The number of morpholine rings is 1. The highest BCUT2D eigenvalue weighted by molar-refractivity contribution is 5.56. The van der Waals surface area contributed by atoms with Crippen molar-refractivity contribution in [3.05, 3.63) is 29.6 Å². The van der Waals surface area contributed by atoms with Crippen molar-refractivity contribution in [3.8, 4) is 0 Å². The van der Waals surface area contributed by atoms with E-state index in [1.165, 1.54) is 6.07 Å². The zero-order valence-electron chi connectivity index (χ0n) is 12.1. The Morgan fingerprint density at radius 3 is 3.05 bits per heavy atom. The Balaban J connectivity index is 2.28. The van der Waals surface area contributed by atoms with E-state index in [0.29, 0.717) is 25.3 Å². The summed E-state index contributed by atoms with van der Waals surface area (Å²) in [5.74, 6) is -0.192. The van der Waals surface area contributed by atoms with Gasteiger partial charge in [0.05, 0.1) is 19.3 Å². The van der Waals surface area contributed by atoms with Crippen LogP contribution in [0.5, 0.6) is 0 Å². The number of aliphatic hydroxyl groups is 1. The fraction of sp³-hybridized carbons (Fsp3) is 0.600. The SMILES string of the molecule is CCNC(C)c1c(F)cccc1N1CCOC(CO)C1. The lowest BCUT2D eigenvalue weighted by Crippen LogP contribution is -2.44. The molecule has 0 amide bonds. The lowest BCUT2D eigenvalue weighted by molar-refractivity contribution is 0.00349. The minimum absolute atomic E-state index is 0.0100. The van der Waals surface area contributed by atoms with E-state index < -0.39 is 0 Å². The predicted molar refractivity (Wildman–Crippen MR) is 77.5 cm³/mol. The number of halogens is 1. The molecule has 0 radical (unpaired) electrons. The van der Waals surface area contributed by atoms with Gasteiger partial charge in [-0.3, -0.25) is 0 Å². The van der Waals surface area contributed by atoms with Crippen molar-refractivity contribution in [1.29, 1.82) is 0 Å². The van der Waals surface area contributed by atoms with Gasteiger partial charge in [0.2, 0.25) is 0 Å². The minimum atomic E-state index is -0.200. The summed E-state index contributed by atoms with van der Waals surface area (Å²) in [6.45, 7) is 6.61. The molecule has 112 valence electrons. The average Bonchev–Trinajstić information content (AvgIpc) is 2.47. The highest BCUT2D eigenvalue weighted by Gasteiger charge is 2.24. The van der Waals surface area contributed by atoms with Crippen molar-refractivity contribution in [2.24, 2.45) is 0 Å². The molecule has 5 heteroatoms. The van der Waals surface area contributed by atoms with Crippen molar-refractivity contribution >= 4 is 5.69 Å². The molecule has 2 N–H and O–H groups in total. The van der Waals surface area contributed by atoms with Gasteiger partial charge in [0.25, 0.3) is 0 Å². The summed E-state index contributed by atoms with van der Waals surface area (Å²) in [5, 5.41) is 12.5. The van der Waals surface area contributed by atoms with Crippen LogP contribution in [0.1, 0.15) is 25.5 Å². The second kappa shape index (κ2) is 7.02. The molecule has 1 aliphatic heterocycles. The van der Waals surface area contributed by atoms with Crippen molar-refractivity contribution in [3.63, 3.8) is 0 Å². The minimum Gasteiger partial charge on any atom is -0.394 e. The van der Waals surface area contributed by atoms with E-state index in [1.54, 1.807) is 6.07 Å². The third kappa shape index (κ3) is 3.29. The molecule has 2 rings (SSSR count). The summed E-state index contributed by atoms with van der Waals surface area (Å²) in [5.41, 5.74) is 1.58. The summed E-state index contributed by atoms with van der Waals surface area (Å²) in [4.78, 5) is 2.09. The second-order valence-electron chi connectivity index (χ2n) is 5.07. The zero-order valence-corrected chi connectivity index (χ0v) is 12.1. The number of rotatable bonds is 5. The molecular formula is C15H23FN2O2. The first-order chi connectivity index (χ1) is 9.67. The fourth-order valence-corrected chi connectivity index (χ4v) is 2.69. The highest BCUT2D eigenvalue weighted by atomic mass is 19.1. The number of ether oxygens (including phenoxy) is 1. The molecule has 0 saturated carbocycles. The van der Waals surface area contributed by atoms with E-state index in [2.05, 4.69) is 10.2 Å². The predicted octanol–water partition coefficient (Wildman–Crippen LogP) is 1.69. The van der Waals surface area contributed by atoms with E-state index in [-0.39, 0.29) is 24.6 Å². The molecule has 0 spiro atoms. The average molecular weight is 282 g/mol. The van der Waals surface area contributed by atoms with Crippen LogP contribution in [0.15, 0.2) is 18.2 Å². The van der Waals surface area contributed by atoms with Crippen molar-refractivity contribution in [2.75, 3.05) is 37.7 Å². The van der Waals surface area contributed by atoms with Crippen molar-refractivity contribution < 1.29 is 14.2 Å². The first-order valence-electron chi connectivity index (χ1n) is 7.16. The summed E-state index contributed by atoms with van der Waals surface area (Å²) in [7, 11) is 0. The van der Waals surface area contributed by atoms with Gasteiger partial charge in [0, 0.05) is 30.4 Å². The van der Waals surface area contributed by atoms with Gasteiger partial charge in [-0.25, -0.2) is 4.39 Å². The van der Waals surface area contributed by atoms with Crippen molar-refractivity contribution in [1.82, 2.24) is 5.32 Å². The molecule has 0 aromatic heterocycles. The summed E-state index contributed by atoms with van der Waals surface area (Å²) < 4.78 is 19.7. The highest BCUT2D eigenvalue weighted by Crippen LogP contribution is 2.30. The van der Waals surface area contributed by atoms with Crippen LogP contribution in [0.3, 0.4) is 0 Å². The normalized spacial score (nSPS) is 21.0. The van der Waals surface area contributed by atoms with Crippen molar-refractivity contribution in [2.45, 2.75) is 26.0 Å².